The summed E-state index contributed by atoms with van der Waals surface area (Å²) in [6, 6.07) is 1.17. The van der Waals surface area contributed by atoms with Crippen LogP contribution in [0.25, 0.3) is 0 Å². The van der Waals surface area contributed by atoms with Gasteiger partial charge in [-0.05, 0) is 117 Å². The molecule has 2 saturated heterocycles. The summed E-state index contributed by atoms with van der Waals surface area (Å²) in [6.45, 7) is 18.5. The third kappa shape index (κ3) is 4.36. The Kier molecular flexibility index (Phi) is 7.24. The van der Waals surface area contributed by atoms with Crippen LogP contribution in [-0.4, -0.2) is 52.6 Å². The van der Waals surface area contributed by atoms with Crippen molar-refractivity contribution in [3.63, 3.8) is 0 Å². The summed E-state index contributed by atoms with van der Waals surface area (Å²) in [5.74, 6) is 3.84. The zero-order valence-corrected chi connectivity index (χ0v) is 29.1. The van der Waals surface area contributed by atoms with Gasteiger partial charge < -0.3 is 10.6 Å². The van der Waals surface area contributed by atoms with Gasteiger partial charge in [0.1, 0.15) is 0 Å². The van der Waals surface area contributed by atoms with Crippen LogP contribution in [0.3, 0.4) is 0 Å². The van der Waals surface area contributed by atoms with Crippen LogP contribution in [0.1, 0.15) is 57.8 Å². The molecule has 0 aromatic rings. The molecule has 208 valence electrons. The van der Waals surface area contributed by atoms with Crippen LogP contribution in [0.5, 0.6) is 0 Å². The van der Waals surface area contributed by atoms with E-state index in [0.29, 0.717) is 17.5 Å². The molecule has 6 fully saturated rings. The maximum absolute atomic E-state index is 4.07. The molecule has 2 aliphatic heterocycles. The monoisotopic (exact) mass is 574 g/mol. The molecular formula is C31H56N2P2Si2. The largest absolute Gasteiger partial charge is 0.313 e. The number of nitrogens with one attached hydrogen (secondary N) is 2. The molecular weight excluding hydrogens is 518 g/mol. The second kappa shape index (κ2) is 9.62. The third-order valence-electron chi connectivity index (χ3n) is 12.0. The molecule has 7 rings (SSSR count). The molecule has 2 nitrogen and oxygen atoms in total. The van der Waals surface area contributed by atoms with Crippen molar-refractivity contribution in [2.24, 2.45) is 29.1 Å². The number of rotatable bonds is 7. The van der Waals surface area contributed by atoms with Crippen molar-refractivity contribution in [1.29, 1.82) is 0 Å². The summed E-state index contributed by atoms with van der Waals surface area (Å²) in [7, 11) is 3.90. The Morgan fingerprint density at radius 2 is 1.49 bits per heavy atom. The van der Waals surface area contributed by atoms with Gasteiger partial charge >= 0.3 is 0 Å². The first-order valence-corrected chi connectivity index (χ1v) is 24.3. The molecule has 0 aromatic heterocycles. The lowest BCUT2D eigenvalue weighted by Crippen LogP contribution is -2.59. The van der Waals surface area contributed by atoms with E-state index in [4.69, 9.17) is 0 Å². The van der Waals surface area contributed by atoms with E-state index >= 15 is 0 Å². The standard InChI is InChI=1S/C31H56N2P2Si2/c1-36(2,3)25-16-23(31(35,26-9-7-11-32-26)27-10-8-12-33-27)28(29(25)37(4,5)6)30-17-20-13-21(18-30)15-22(14-20)24(30)19-34/h16,20-22,24,26-27,29,32-33H,7-15,17-19,34-35H2,1-6H3. The van der Waals surface area contributed by atoms with E-state index in [-0.39, 0.29) is 5.16 Å². The lowest BCUT2D eigenvalue weighted by Gasteiger charge is -2.64. The average molecular weight is 575 g/mol. The summed E-state index contributed by atoms with van der Waals surface area (Å²) >= 11 is 0. The quantitative estimate of drug-likeness (QED) is 0.247. The maximum Gasteiger partial charge on any atom is 0.0728 e. The van der Waals surface area contributed by atoms with Gasteiger partial charge in [0.2, 0.25) is 0 Å². The molecule has 37 heavy (non-hydrogen) atoms. The molecule has 8 unspecified atom stereocenters. The zero-order chi connectivity index (χ0) is 26.4. The molecule has 0 amide bonds. The van der Waals surface area contributed by atoms with Gasteiger partial charge in [0.15, 0.2) is 0 Å². The van der Waals surface area contributed by atoms with E-state index in [2.05, 4.69) is 74.5 Å². The van der Waals surface area contributed by atoms with E-state index < -0.39 is 16.1 Å². The summed E-state index contributed by atoms with van der Waals surface area (Å²) < 4.78 is 0. The van der Waals surface area contributed by atoms with E-state index in [0.717, 1.165) is 29.2 Å². The Morgan fingerprint density at radius 3 is 1.92 bits per heavy atom. The Labute approximate surface area is 235 Å². The molecule has 0 aromatic carbocycles. The van der Waals surface area contributed by atoms with Gasteiger partial charge in [0.05, 0.1) is 16.1 Å². The van der Waals surface area contributed by atoms with Crippen LogP contribution in [0.4, 0.5) is 0 Å². The number of hydrogen-bond donors (Lipinski definition) is 2. The number of allylic oxidation sites excluding steroid dienone is 3. The van der Waals surface area contributed by atoms with Gasteiger partial charge in [-0.3, -0.25) is 0 Å². The Hall–Kier alpha value is 0.694. The highest BCUT2D eigenvalue weighted by atomic mass is 31.0. The predicted molar refractivity (Wildman–Crippen MR) is 174 cm³/mol. The van der Waals surface area contributed by atoms with E-state index in [1.54, 1.807) is 0 Å². The summed E-state index contributed by atoms with van der Waals surface area (Å²) in [6.07, 6.45) is 17.2. The molecule has 8 atom stereocenters. The minimum absolute atomic E-state index is 0.121. The minimum atomic E-state index is -1.50. The van der Waals surface area contributed by atoms with Crippen LogP contribution in [0.15, 0.2) is 22.4 Å². The predicted octanol–water partition coefficient (Wildman–Crippen LogP) is 7.24. The van der Waals surface area contributed by atoms with Gasteiger partial charge in [0.25, 0.3) is 0 Å². The van der Waals surface area contributed by atoms with Gasteiger partial charge in [0, 0.05) is 17.2 Å². The zero-order valence-electron chi connectivity index (χ0n) is 24.8. The van der Waals surface area contributed by atoms with Gasteiger partial charge in [-0.1, -0.05) is 56.1 Å². The summed E-state index contributed by atoms with van der Waals surface area (Å²) in [4.78, 5) is 0. The molecule has 6 heteroatoms. The molecule has 4 saturated carbocycles. The SMILES string of the molecule is C[Si](C)(C)C1=CC(C(P)(C2CCCN2)C2CCCN2)=C(C23CC4CC(CC(C4)C2CP)C3)C1[Si](C)(C)C. The topological polar surface area (TPSA) is 24.1 Å². The molecule has 0 radical (unpaired) electrons. The van der Waals surface area contributed by atoms with Crippen molar-refractivity contribution in [3.05, 3.63) is 22.4 Å². The fourth-order valence-corrected chi connectivity index (χ4v) is 19.0. The molecule has 5 aliphatic carbocycles. The second-order valence-corrected chi connectivity index (χ2v) is 28.1. The van der Waals surface area contributed by atoms with Gasteiger partial charge in [-0.15, -0.1) is 18.5 Å². The maximum atomic E-state index is 4.07. The smallest absolute Gasteiger partial charge is 0.0728 e. The second-order valence-electron chi connectivity index (χ2n) is 16.3. The van der Waals surface area contributed by atoms with Crippen molar-refractivity contribution in [2.75, 3.05) is 19.3 Å². The first-order valence-electron chi connectivity index (χ1n) is 15.8. The first kappa shape index (κ1) is 27.8. The third-order valence-corrected chi connectivity index (χ3v) is 18.4. The average Bonchev–Trinajstić information content (AvgIpc) is 3.58. The van der Waals surface area contributed by atoms with Crippen molar-refractivity contribution in [2.45, 2.75) is 120 Å². The molecule has 2 heterocycles. The summed E-state index contributed by atoms with van der Waals surface area (Å²) in [5.41, 5.74) is 5.08. The normalized spacial score (nSPS) is 43.6. The Bertz CT molecular complexity index is 935. The Morgan fingerprint density at radius 1 is 0.919 bits per heavy atom. The molecule has 2 N–H and O–H groups in total. The van der Waals surface area contributed by atoms with E-state index in [1.165, 1.54) is 77.0 Å². The van der Waals surface area contributed by atoms with Gasteiger partial charge in [-0.25, -0.2) is 0 Å². The molecule has 7 aliphatic rings. The van der Waals surface area contributed by atoms with Crippen LogP contribution < -0.4 is 10.6 Å². The van der Waals surface area contributed by atoms with Crippen LogP contribution in [0.2, 0.25) is 44.8 Å². The van der Waals surface area contributed by atoms with E-state index in [9.17, 15) is 0 Å². The lowest BCUT2D eigenvalue weighted by molar-refractivity contribution is -0.0792. The van der Waals surface area contributed by atoms with Crippen LogP contribution in [-0.2, 0) is 0 Å². The van der Waals surface area contributed by atoms with Crippen LogP contribution in [0, 0.1) is 29.1 Å². The molecule has 4 bridgehead atoms. The van der Waals surface area contributed by atoms with Crippen molar-refractivity contribution in [3.8, 4) is 0 Å². The molecule has 0 spiro atoms. The van der Waals surface area contributed by atoms with Crippen LogP contribution >= 0.6 is 18.5 Å². The van der Waals surface area contributed by atoms with E-state index in [1.807, 2.05) is 16.3 Å². The lowest BCUT2D eigenvalue weighted by atomic mass is 9.43. The summed E-state index contributed by atoms with van der Waals surface area (Å²) in [5, 5.41) is 10.2. The van der Waals surface area contributed by atoms with Crippen molar-refractivity contribution < 1.29 is 0 Å². The fourth-order valence-electron chi connectivity index (χ4n) is 10.9. The van der Waals surface area contributed by atoms with Gasteiger partial charge in [-0.2, -0.15) is 0 Å². The highest BCUT2D eigenvalue weighted by Crippen LogP contribution is 2.71. The number of hydrogen-bond acceptors (Lipinski definition) is 2. The minimum Gasteiger partial charge on any atom is -0.313 e. The first-order chi connectivity index (χ1) is 17.4. The Balaban J connectivity index is 1.62. The van der Waals surface area contributed by atoms with Crippen molar-refractivity contribution >= 4 is 34.6 Å². The highest BCUT2D eigenvalue weighted by Gasteiger charge is 2.63. The highest BCUT2D eigenvalue weighted by molar-refractivity contribution is 7.19. The van der Waals surface area contributed by atoms with Crippen molar-refractivity contribution in [1.82, 2.24) is 10.6 Å². The fraction of sp³-hybridized carbons (Fsp3) is 0.871.